The molecule has 2 N–H and O–H groups in total. The van der Waals surface area contributed by atoms with Gasteiger partial charge in [0.2, 0.25) is 5.91 Å². The Labute approximate surface area is 193 Å². The average molecular weight is 504 g/mol. The summed E-state index contributed by atoms with van der Waals surface area (Å²) in [7, 11) is 2.99. The van der Waals surface area contributed by atoms with Gasteiger partial charge in [-0.1, -0.05) is 28.1 Å². The highest BCUT2D eigenvalue weighted by atomic mass is 79.9. The molecule has 0 radical (unpaired) electrons. The van der Waals surface area contributed by atoms with E-state index in [4.69, 9.17) is 14.2 Å². The predicted molar refractivity (Wildman–Crippen MR) is 122 cm³/mol. The Morgan fingerprint density at radius 2 is 1.84 bits per heavy atom. The standard InChI is InChI=1S/C22H22BrN3O6/c1-4-32-19-11-14(23)13(10-18(19)31-3)9-16-21(28)26(22(29)25-16)12-20(27)24-15-7-5-6-8-17(15)30-2/h5-11H,4,12H2,1-3H3,(H,24,27)(H,25,29)/b16-9+. The molecular formula is C22H22BrN3O6. The number of hydrogen-bond donors (Lipinski definition) is 2. The summed E-state index contributed by atoms with van der Waals surface area (Å²) in [4.78, 5) is 38.4. The third-order valence-corrected chi connectivity index (χ3v) is 5.21. The molecule has 1 fully saturated rings. The van der Waals surface area contributed by atoms with Crippen molar-refractivity contribution in [2.45, 2.75) is 6.92 Å². The Morgan fingerprint density at radius 3 is 2.53 bits per heavy atom. The molecule has 0 spiro atoms. The smallest absolute Gasteiger partial charge is 0.329 e. The normalized spacial score (nSPS) is 14.4. The summed E-state index contributed by atoms with van der Waals surface area (Å²) in [6, 6.07) is 9.54. The number of halogens is 1. The Hall–Kier alpha value is -3.53. The van der Waals surface area contributed by atoms with Crippen LogP contribution in [-0.4, -0.2) is 50.1 Å². The van der Waals surface area contributed by atoms with Gasteiger partial charge in [-0.25, -0.2) is 9.69 Å². The van der Waals surface area contributed by atoms with Crippen molar-refractivity contribution < 1.29 is 28.6 Å². The molecule has 0 atom stereocenters. The van der Waals surface area contributed by atoms with E-state index in [1.165, 1.54) is 20.3 Å². The van der Waals surface area contributed by atoms with Gasteiger partial charge < -0.3 is 24.8 Å². The predicted octanol–water partition coefficient (Wildman–Crippen LogP) is 3.40. The summed E-state index contributed by atoms with van der Waals surface area (Å²) < 4.78 is 16.7. The summed E-state index contributed by atoms with van der Waals surface area (Å²) in [5.74, 6) is 0.327. The van der Waals surface area contributed by atoms with Gasteiger partial charge in [0.05, 0.1) is 26.5 Å². The molecule has 0 bridgehead atoms. The number of urea groups is 1. The lowest BCUT2D eigenvalue weighted by molar-refractivity contribution is -0.127. The van der Waals surface area contributed by atoms with Gasteiger partial charge in [-0.2, -0.15) is 0 Å². The zero-order chi connectivity index (χ0) is 23.3. The van der Waals surface area contributed by atoms with Gasteiger partial charge >= 0.3 is 6.03 Å². The van der Waals surface area contributed by atoms with Crippen LogP contribution in [0.25, 0.3) is 6.08 Å². The summed E-state index contributed by atoms with van der Waals surface area (Å²) in [6.07, 6.45) is 1.50. The van der Waals surface area contributed by atoms with Crippen molar-refractivity contribution in [1.82, 2.24) is 10.2 Å². The van der Waals surface area contributed by atoms with Gasteiger partial charge in [-0.3, -0.25) is 9.59 Å². The number of ether oxygens (including phenoxy) is 3. The van der Waals surface area contributed by atoms with E-state index in [1.807, 2.05) is 6.92 Å². The number of benzene rings is 2. The maximum absolute atomic E-state index is 12.8. The van der Waals surface area contributed by atoms with Crippen molar-refractivity contribution >= 4 is 45.5 Å². The van der Waals surface area contributed by atoms with Crippen LogP contribution >= 0.6 is 15.9 Å². The molecule has 0 saturated carbocycles. The number of para-hydroxylation sites is 2. The maximum atomic E-state index is 12.8. The first-order valence-corrected chi connectivity index (χ1v) is 10.4. The monoisotopic (exact) mass is 503 g/mol. The van der Waals surface area contributed by atoms with Crippen LogP contribution in [0.5, 0.6) is 17.2 Å². The van der Waals surface area contributed by atoms with Gasteiger partial charge in [0.15, 0.2) is 11.5 Å². The Morgan fingerprint density at radius 1 is 1.12 bits per heavy atom. The van der Waals surface area contributed by atoms with E-state index >= 15 is 0 Å². The second-order valence-electron chi connectivity index (χ2n) is 6.59. The largest absolute Gasteiger partial charge is 0.495 e. The first-order valence-electron chi connectivity index (χ1n) is 9.65. The summed E-state index contributed by atoms with van der Waals surface area (Å²) in [6.45, 7) is 1.87. The first kappa shape index (κ1) is 23.1. The molecule has 3 rings (SSSR count). The lowest BCUT2D eigenvalue weighted by atomic mass is 10.1. The highest BCUT2D eigenvalue weighted by Crippen LogP contribution is 2.35. The fourth-order valence-electron chi connectivity index (χ4n) is 3.04. The maximum Gasteiger partial charge on any atom is 0.329 e. The second kappa shape index (κ2) is 10.2. The lowest BCUT2D eigenvalue weighted by Gasteiger charge is -2.13. The van der Waals surface area contributed by atoms with E-state index in [-0.39, 0.29) is 5.70 Å². The van der Waals surface area contributed by atoms with Crippen molar-refractivity contribution in [1.29, 1.82) is 0 Å². The molecule has 0 aliphatic carbocycles. The lowest BCUT2D eigenvalue weighted by Crippen LogP contribution is -2.38. The zero-order valence-electron chi connectivity index (χ0n) is 17.7. The highest BCUT2D eigenvalue weighted by molar-refractivity contribution is 9.10. The van der Waals surface area contributed by atoms with E-state index in [0.717, 1.165) is 4.90 Å². The summed E-state index contributed by atoms with van der Waals surface area (Å²) in [5, 5.41) is 5.14. The minimum absolute atomic E-state index is 0.0343. The number of rotatable bonds is 8. The van der Waals surface area contributed by atoms with Gasteiger partial charge in [-0.15, -0.1) is 0 Å². The Bertz CT molecular complexity index is 1090. The molecule has 1 aliphatic rings. The van der Waals surface area contributed by atoms with E-state index in [9.17, 15) is 14.4 Å². The highest BCUT2D eigenvalue weighted by Gasteiger charge is 2.35. The number of nitrogens with one attached hydrogen (secondary N) is 2. The molecule has 0 aromatic heterocycles. The fraction of sp³-hybridized carbons (Fsp3) is 0.227. The molecule has 4 amide bonds. The molecule has 9 nitrogen and oxygen atoms in total. The van der Waals surface area contributed by atoms with E-state index in [2.05, 4.69) is 26.6 Å². The van der Waals surface area contributed by atoms with E-state index in [1.54, 1.807) is 36.4 Å². The van der Waals surface area contributed by atoms with Crippen LogP contribution in [0.15, 0.2) is 46.6 Å². The van der Waals surface area contributed by atoms with Crippen LogP contribution in [0.4, 0.5) is 10.5 Å². The van der Waals surface area contributed by atoms with Crippen molar-refractivity contribution in [2.24, 2.45) is 0 Å². The Kier molecular flexibility index (Phi) is 7.37. The number of anilines is 1. The van der Waals surface area contributed by atoms with Gasteiger partial charge in [0, 0.05) is 4.47 Å². The van der Waals surface area contributed by atoms with Crippen LogP contribution < -0.4 is 24.8 Å². The van der Waals surface area contributed by atoms with Crippen molar-refractivity contribution in [3.05, 3.63) is 52.1 Å². The molecule has 32 heavy (non-hydrogen) atoms. The molecule has 1 heterocycles. The number of imide groups is 1. The van der Waals surface area contributed by atoms with Crippen LogP contribution in [0.2, 0.25) is 0 Å². The third kappa shape index (κ3) is 5.02. The molecule has 10 heteroatoms. The fourth-order valence-corrected chi connectivity index (χ4v) is 3.48. The van der Waals surface area contributed by atoms with Crippen molar-refractivity contribution in [2.75, 3.05) is 32.7 Å². The number of carbonyl (C=O) groups is 3. The van der Waals surface area contributed by atoms with E-state index in [0.29, 0.717) is 39.6 Å². The first-order chi connectivity index (χ1) is 15.4. The second-order valence-corrected chi connectivity index (χ2v) is 7.44. The minimum atomic E-state index is -0.689. The molecule has 168 valence electrons. The number of nitrogens with zero attached hydrogens (tertiary/aromatic N) is 1. The quantitative estimate of drug-likeness (QED) is 0.422. The van der Waals surface area contributed by atoms with Crippen molar-refractivity contribution in [3.63, 3.8) is 0 Å². The molecule has 2 aromatic carbocycles. The van der Waals surface area contributed by atoms with Gasteiger partial charge in [0.1, 0.15) is 18.0 Å². The molecule has 0 unspecified atom stereocenters. The van der Waals surface area contributed by atoms with Crippen LogP contribution in [0.1, 0.15) is 12.5 Å². The summed E-state index contributed by atoms with van der Waals surface area (Å²) in [5.41, 5.74) is 1.06. The third-order valence-electron chi connectivity index (χ3n) is 4.53. The van der Waals surface area contributed by atoms with Gasteiger partial charge in [0.25, 0.3) is 5.91 Å². The Balaban J connectivity index is 1.77. The SMILES string of the molecule is CCOc1cc(Br)c(/C=C2/NC(=O)N(CC(=O)Nc3ccccc3OC)C2=O)cc1OC. The molecule has 2 aromatic rings. The number of hydrogen-bond acceptors (Lipinski definition) is 6. The number of carbonyl (C=O) groups excluding carboxylic acids is 3. The average Bonchev–Trinajstić information content (AvgIpc) is 3.03. The zero-order valence-corrected chi connectivity index (χ0v) is 19.3. The number of amides is 4. The van der Waals surface area contributed by atoms with Crippen LogP contribution in [0, 0.1) is 0 Å². The molecule has 1 saturated heterocycles. The van der Waals surface area contributed by atoms with E-state index < -0.39 is 24.4 Å². The van der Waals surface area contributed by atoms with Gasteiger partial charge in [-0.05, 0) is 42.8 Å². The van der Waals surface area contributed by atoms with Crippen molar-refractivity contribution in [3.8, 4) is 17.2 Å². The number of methoxy groups -OCH3 is 2. The molecule has 1 aliphatic heterocycles. The topological polar surface area (TPSA) is 106 Å². The summed E-state index contributed by atoms with van der Waals surface area (Å²) >= 11 is 3.44. The molecular weight excluding hydrogens is 482 g/mol. The van der Waals surface area contributed by atoms with Crippen LogP contribution in [0.3, 0.4) is 0 Å². The minimum Gasteiger partial charge on any atom is -0.495 e. The van der Waals surface area contributed by atoms with Crippen LogP contribution in [-0.2, 0) is 9.59 Å².